The van der Waals surface area contributed by atoms with Crippen molar-refractivity contribution >= 4 is 5.97 Å². The molecule has 1 saturated heterocycles. The predicted molar refractivity (Wildman–Crippen MR) is 94.7 cm³/mol. The molecule has 5 rings (SSSR count). The summed E-state index contributed by atoms with van der Waals surface area (Å²) >= 11 is 0. The van der Waals surface area contributed by atoms with Gasteiger partial charge in [0.25, 0.3) is 0 Å². The molecule has 0 amide bonds. The lowest BCUT2D eigenvalue weighted by Crippen LogP contribution is -2.53. The summed E-state index contributed by atoms with van der Waals surface area (Å²) in [7, 11) is 0. The second-order valence-corrected chi connectivity index (χ2v) is 9.12. The number of carbonyl (C=O) groups is 1. The largest absolute Gasteiger partial charge is 0.504 e. The Kier molecular flexibility index (Phi) is 3.45. The third-order valence-corrected chi connectivity index (χ3v) is 7.01. The lowest BCUT2D eigenvalue weighted by Gasteiger charge is -2.51. The molecule has 4 heteroatoms. The number of carbonyl (C=O) groups excluding carboxylic acids is 1. The van der Waals surface area contributed by atoms with Crippen LogP contribution in [0.25, 0.3) is 0 Å². The van der Waals surface area contributed by atoms with Gasteiger partial charge in [0.1, 0.15) is 11.5 Å². The number of phenols is 2. The predicted octanol–water partition coefficient (Wildman–Crippen LogP) is 4.68. The van der Waals surface area contributed by atoms with Gasteiger partial charge >= 0.3 is 5.97 Å². The molecule has 2 aliphatic carbocycles. The Bertz CT molecular complexity index is 749. The molecular weight excluding hydrogens is 316 g/mol. The fourth-order valence-corrected chi connectivity index (χ4v) is 5.81. The minimum absolute atomic E-state index is 0.00650. The molecule has 2 heterocycles. The highest BCUT2D eigenvalue weighted by molar-refractivity contribution is 5.89. The maximum absolute atomic E-state index is 13.1. The molecule has 2 aliphatic heterocycles. The molecule has 0 radical (unpaired) electrons. The maximum atomic E-state index is 13.1. The van der Waals surface area contributed by atoms with E-state index in [0.29, 0.717) is 12.0 Å². The summed E-state index contributed by atoms with van der Waals surface area (Å²) in [5.41, 5.74) is 1.49. The Morgan fingerprint density at radius 1 is 1.16 bits per heavy atom. The second kappa shape index (κ2) is 5.15. The molecule has 2 bridgehead atoms. The van der Waals surface area contributed by atoms with Gasteiger partial charge in [-0.1, -0.05) is 34.1 Å². The summed E-state index contributed by atoms with van der Waals surface area (Å²) in [6.45, 7) is 8.44. The van der Waals surface area contributed by atoms with Crippen LogP contribution >= 0.6 is 0 Å². The molecule has 1 aromatic carbocycles. The molecule has 1 saturated carbocycles. The topological polar surface area (TPSA) is 66.8 Å². The van der Waals surface area contributed by atoms with E-state index in [1.54, 1.807) is 0 Å². The van der Waals surface area contributed by atoms with Crippen LogP contribution in [0.1, 0.15) is 88.5 Å². The number of benzene rings is 1. The third-order valence-electron chi connectivity index (χ3n) is 7.01. The van der Waals surface area contributed by atoms with Gasteiger partial charge in [0.2, 0.25) is 0 Å². The summed E-state index contributed by atoms with van der Waals surface area (Å²) in [5.74, 6) is -0.141. The van der Waals surface area contributed by atoms with Crippen molar-refractivity contribution in [3.63, 3.8) is 0 Å². The van der Waals surface area contributed by atoms with Gasteiger partial charge in [-0.05, 0) is 49.0 Å². The van der Waals surface area contributed by atoms with Crippen LogP contribution in [0.4, 0.5) is 0 Å². The summed E-state index contributed by atoms with van der Waals surface area (Å²) in [5, 5.41) is 21.6. The standard InChI is InChI=1S/C21H28O4/c1-11(2)12-10-13-14-6-7-15-20(3,4)8-5-9-21(15,19(24)25-14)16(13)18(23)17(12)22/h10-11,14-15,22-23H,5-9H2,1-4H3/t14-,15?,21-/m1/s1. The van der Waals surface area contributed by atoms with Crippen LogP contribution in [0, 0.1) is 11.3 Å². The molecule has 2 N–H and O–H groups in total. The van der Waals surface area contributed by atoms with E-state index in [1.807, 2.05) is 19.9 Å². The first-order valence-electron chi connectivity index (χ1n) is 9.50. The van der Waals surface area contributed by atoms with E-state index < -0.39 is 5.41 Å². The fourth-order valence-electron chi connectivity index (χ4n) is 5.81. The quantitative estimate of drug-likeness (QED) is 0.573. The van der Waals surface area contributed by atoms with Crippen molar-refractivity contribution in [3.05, 3.63) is 22.8 Å². The number of aromatic hydroxyl groups is 2. The Morgan fingerprint density at radius 2 is 1.88 bits per heavy atom. The van der Waals surface area contributed by atoms with Crippen molar-refractivity contribution in [3.8, 4) is 11.5 Å². The zero-order valence-electron chi connectivity index (χ0n) is 15.6. The highest BCUT2D eigenvalue weighted by atomic mass is 16.5. The second-order valence-electron chi connectivity index (χ2n) is 9.12. The number of rotatable bonds is 1. The molecule has 1 aromatic rings. The van der Waals surface area contributed by atoms with Crippen LogP contribution in [-0.4, -0.2) is 16.2 Å². The van der Waals surface area contributed by atoms with Gasteiger partial charge in [-0.25, -0.2) is 0 Å². The molecule has 3 atom stereocenters. The first-order chi connectivity index (χ1) is 11.7. The minimum Gasteiger partial charge on any atom is -0.504 e. The molecular formula is C21H28O4. The Labute approximate surface area is 149 Å². The van der Waals surface area contributed by atoms with Crippen molar-refractivity contribution in [2.45, 2.75) is 77.2 Å². The summed E-state index contributed by atoms with van der Waals surface area (Å²) in [6.07, 6.45) is 4.08. The van der Waals surface area contributed by atoms with Gasteiger partial charge < -0.3 is 14.9 Å². The van der Waals surface area contributed by atoms with Gasteiger partial charge in [-0.3, -0.25) is 4.79 Å². The van der Waals surface area contributed by atoms with Crippen LogP contribution in [0.15, 0.2) is 6.07 Å². The first-order valence-corrected chi connectivity index (χ1v) is 9.50. The third kappa shape index (κ3) is 2.03. The van der Waals surface area contributed by atoms with E-state index >= 15 is 0 Å². The Balaban J connectivity index is 2.05. The molecule has 25 heavy (non-hydrogen) atoms. The highest BCUT2D eigenvalue weighted by Gasteiger charge is 2.62. The molecule has 0 aromatic heterocycles. The van der Waals surface area contributed by atoms with Crippen LogP contribution in [0.3, 0.4) is 0 Å². The lowest BCUT2D eigenvalue weighted by atomic mass is 9.52. The lowest BCUT2D eigenvalue weighted by molar-refractivity contribution is -0.163. The number of ether oxygens (including phenoxy) is 1. The minimum atomic E-state index is -0.818. The Morgan fingerprint density at radius 3 is 2.56 bits per heavy atom. The number of hydrogen-bond donors (Lipinski definition) is 2. The van der Waals surface area contributed by atoms with Crippen molar-refractivity contribution in [2.75, 3.05) is 0 Å². The van der Waals surface area contributed by atoms with Crippen molar-refractivity contribution in [1.29, 1.82) is 0 Å². The van der Waals surface area contributed by atoms with Gasteiger partial charge in [-0.15, -0.1) is 0 Å². The average molecular weight is 344 g/mol. The summed E-state index contributed by atoms with van der Waals surface area (Å²) in [4.78, 5) is 13.1. The van der Waals surface area contributed by atoms with Crippen LogP contribution in [-0.2, 0) is 14.9 Å². The van der Waals surface area contributed by atoms with Crippen LogP contribution in [0.5, 0.6) is 11.5 Å². The Hall–Kier alpha value is -1.71. The number of fused-ring (bicyclic) bond motifs is 2. The monoisotopic (exact) mass is 344 g/mol. The van der Waals surface area contributed by atoms with Gasteiger partial charge in [0.05, 0.1) is 0 Å². The number of phenolic OH excluding ortho intramolecular Hbond substituents is 2. The smallest absolute Gasteiger partial charge is 0.317 e. The molecule has 136 valence electrons. The van der Waals surface area contributed by atoms with E-state index in [4.69, 9.17) is 4.74 Å². The zero-order chi connectivity index (χ0) is 18.1. The SMILES string of the molecule is CC(C)c1cc2c(c(O)c1O)[C@@]13CCCC(C)(C)C1CC[C@H]2OC3=O. The first kappa shape index (κ1) is 16.7. The number of esters is 1. The van der Waals surface area contributed by atoms with Crippen molar-refractivity contribution in [2.24, 2.45) is 11.3 Å². The van der Waals surface area contributed by atoms with Gasteiger partial charge in [0, 0.05) is 16.7 Å². The molecule has 1 unspecified atom stereocenters. The van der Waals surface area contributed by atoms with Crippen LogP contribution in [0.2, 0.25) is 0 Å². The maximum Gasteiger partial charge on any atom is 0.317 e. The van der Waals surface area contributed by atoms with E-state index in [9.17, 15) is 15.0 Å². The fraction of sp³-hybridized carbons (Fsp3) is 0.667. The van der Waals surface area contributed by atoms with Crippen molar-refractivity contribution < 1.29 is 19.7 Å². The normalized spacial score (nSPS) is 32.8. The van der Waals surface area contributed by atoms with E-state index in [-0.39, 0.29) is 40.8 Å². The van der Waals surface area contributed by atoms with Gasteiger partial charge in [-0.2, -0.15) is 0 Å². The molecule has 1 spiro atoms. The van der Waals surface area contributed by atoms with E-state index in [1.165, 1.54) is 0 Å². The van der Waals surface area contributed by atoms with E-state index in [2.05, 4.69) is 13.8 Å². The molecule has 4 aliphatic rings. The summed E-state index contributed by atoms with van der Waals surface area (Å²) < 4.78 is 5.89. The van der Waals surface area contributed by atoms with E-state index in [0.717, 1.165) is 36.8 Å². The average Bonchev–Trinajstić information content (AvgIpc) is 2.76. The zero-order valence-corrected chi connectivity index (χ0v) is 15.6. The van der Waals surface area contributed by atoms with Gasteiger partial charge in [0.15, 0.2) is 11.5 Å². The highest BCUT2D eigenvalue weighted by Crippen LogP contribution is 2.64. The van der Waals surface area contributed by atoms with Crippen LogP contribution < -0.4 is 0 Å². The number of hydrogen-bond acceptors (Lipinski definition) is 4. The summed E-state index contributed by atoms with van der Waals surface area (Å²) in [6, 6.07) is 1.97. The molecule has 4 nitrogen and oxygen atoms in total. The van der Waals surface area contributed by atoms with Crippen molar-refractivity contribution in [1.82, 2.24) is 0 Å². The molecule has 2 fully saturated rings.